The number of aliphatic hydroxyl groups excluding tert-OH is 8. The number of unbranched alkanes of at least 4 members (excludes halogenated alkanes) is 30. The lowest BCUT2D eigenvalue weighted by Crippen LogP contribution is -2.65. The summed E-state index contributed by atoms with van der Waals surface area (Å²) in [6.45, 7) is 2.67. The zero-order chi connectivity index (χ0) is 65.9. The first-order valence-electron chi connectivity index (χ1n) is 36.6. The molecule has 2 fully saturated rings. The summed E-state index contributed by atoms with van der Waals surface area (Å²) in [6, 6.07) is -0.956. The van der Waals surface area contributed by atoms with E-state index in [0.717, 1.165) is 103 Å². The predicted octanol–water partition coefficient (Wildman–Crippen LogP) is 15.5. The second-order valence-corrected chi connectivity index (χ2v) is 25.3. The van der Waals surface area contributed by atoms with Crippen molar-refractivity contribution in [3.05, 3.63) is 109 Å². The molecule has 0 aromatic rings. The van der Waals surface area contributed by atoms with Gasteiger partial charge in [-0.1, -0.05) is 284 Å². The van der Waals surface area contributed by atoms with Gasteiger partial charge in [-0.2, -0.15) is 0 Å². The molecule has 14 nitrogen and oxygen atoms in total. The van der Waals surface area contributed by atoms with Crippen LogP contribution in [-0.4, -0.2) is 140 Å². The monoisotopic (exact) mass is 1280 g/mol. The number of amides is 1. The van der Waals surface area contributed by atoms with Crippen molar-refractivity contribution in [1.82, 2.24) is 5.32 Å². The lowest BCUT2D eigenvalue weighted by molar-refractivity contribution is -0.359. The SMILES string of the molecule is CC/C=C\C/C=C\C/C=C\C/C=C\C/C=C\C/C=C\CCCCCCCCC(=O)NC(COC1OC(CO)C(OC2OC(CO)C(O)C(O)C2O)C(O)C1O)C(O)/C=C/CC/C=C/CC/C=C/CCCCCCCCCCCCCCCCCCCCCCCC. The lowest BCUT2D eigenvalue weighted by Gasteiger charge is -2.46. The van der Waals surface area contributed by atoms with Gasteiger partial charge in [0.2, 0.25) is 5.91 Å². The molecule has 0 aromatic carbocycles. The van der Waals surface area contributed by atoms with E-state index < -0.39 is 86.8 Å². The van der Waals surface area contributed by atoms with Gasteiger partial charge in [-0.25, -0.2) is 0 Å². The maximum Gasteiger partial charge on any atom is 0.220 e. The number of carbonyl (C=O) groups excluding carboxylic acids is 1. The third-order valence-electron chi connectivity index (χ3n) is 17.2. The Morgan fingerprint density at radius 3 is 1.21 bits per heavy atom. The second kappa shape index (κ2) is 60.3. The number of aliphatic hydroxyl groups is 8. The minimum Gasteiger partial charge on any atom is -0.394 e. The van der Waals surface area contributed by atoms with Crippen molar-refractivity contribution in [3.63, 3.8) is 0 Å². The van der Waals surface area contributed by atoms with E-state index >= 15 is 0 Å². The quantitative estimate of drug-likeness (QED) is 0.0204. The van der Waals surface area contributed by atoms with Crippen molar-refractivity contribution in [2.45, 2.75) is 351 Å². The van der Waals surface area contributed by atoms with Gasteiger partial charge in [0.25, 0.3) is 0 Å². The number of hydrogen-bond acceptors (Lipinski definition) is 13. The Hall–Kier alpha value is -3.35. The molecule has 91 heavy (non-hydrogen) atoms. The van der Waals surface area contributed by atoms with E-state index in [0.29, 0.717) is 12.8 Å². The Balaban J connectivity index is 1.70. The fourth-order valence-electron chi connectivity index (χ4n) is 11.4. The van der Waals surface area contributed by atoms with E-state index in [1.807, 2.05) is 6.08 Å². The molecule has 2 aliphatic heterocycles. The van der Waals surface area contributed by atoms with Gasteiger partial charge in [-0.15, -0.1) is 0 Å². The molecule has 0 bridgehead atoms. The van der Waals surface area contributed by atoms with Gasteiger partial charge >= 0.3 is 0 Å². The summed E-state index contributed by atoms with van der Waals surface area (Å²) in [5, 5.41) is 87.5. The third-order valence-corrected chi connectivity index (χ3v) is 17.2. The highest BCUT2D eigenvalue weighted by Gasteiger charge is 2.51. The summed E-state index contributed by atoms with van der Waals surface area (Å²) in [6.07, 6.45) is 70.1. The van der Waals surface area contributed by atoms with Crippen molar-refractivity contribution in [3.8, 4) is 0 Å². The average Bonchev–Trinajstić information content (AvgIpc) is 1.15. The third kappa shape index (κ3) is 44.1. The van der Waals surface area contributed by atoms with Crippen LogP contribution in [0.1, 0.15) is 277 Å². The first kappa shape index (κ1) is 83.7. The molecule has 0 radical (unpaired) electrons. The van der Waals surface area contributed by atoms with Gasteiger partial charge in [0.15, 0.2) is 12.6 Å². The summed E-state index contributed by atoms with van der Waals surface area (Å²) in [4.78, 5) is 13.3. The Bertz CT molecular complexity index is 1950. The maximum absolute atomic E-state index is 13.3. The summed E-state index contributed by atoms with van der Waals surface area (Å²) >= 11 is 0. The van der Waals surface area contributed by atoms with Crippen LogP contribution in [0.15, 0.2) is 109 Å². The molecular weight excluding hydrogens is 1150 g/mol. The van der Waals surface area contributed by atoms with E-state index in [2.05, 4.69) is 116 Å². The van der Waals surface area contributed by atoms with Gasteiger partial charge in [-0.05, 0) is 96.3 Å². The molecule has 1 amide bonds. The van der Waals surface area contributed by atoms with Crippen LogP contribution in [0.2, 0.25) is 0 Å². The minimum atomic E-state index is -1.80. The van der Waals surface area contributed by atoms with Crippen LogP contribution in [0.4, 0.5) is 0 Å². The van der Waals surface area contributed by atoms with E-state index in [-0.39, 0.29) is 18.9 Å². The zero-order valence-electron chi connectivity index (χ0n) is 57.1. The summed E-state index contributed by atoms with van der Waals surface area (Å²) in [7, 11) is 0. The van der Waals surface area contributed by atoms with Crippen molar-refractivity contribution < 1.29 is 64.6 Å². The van der Waals surface area contributed by atoms with Gasteiger partial charge in [-0.3, -0.25) is 4.79 Å². The molecule has 0 spiro atoms. The van der Waals surface area contributed by atoms with E-state index in [1.54, 1.807) is 6.08 Å². The Morgan fingerprint density at radius 2 is 0.769 bits per heavy atom. The second-order valence-electron chi connectivity index (χ2n) is 25.3. The summed E-state index contributed by atoms with van der Waals surface area (Å²) < 4.78 is 22.8. The molecule has 0 aromatic heterocycles. The van der Waals surface area contributed by atoms with Crippen molar-refractivity contribution >= 4 is 5.91 Å². The van der Waals surface area contributed by atoms with Gasteiger partial charge in [0.1, 0.15) is 48.8 Å². The topological polar surface area (TPSA) is 228 Å². The minimum absolute atomic E-state index is 0.246. The number of hydrogen-bond donors (Lipinski definition) is 9. The van der Waals surface area contributed by atoms with Crippen molar-refractivity contribution in [2.75, 3.05) is 19.8 Å². The number of ether oxygens (including phenoxy) is 4. The first-order valence-corrected chi connectivity index (χ1v) is 36.6. The molecule has 14 heteroatoms. The number of carbonyl (C=O) groups is 1. The highest BCUT2D eigenvalue weighted by Crippen LogP contribution is 2.30. The van der Waals surface area contributed by atoms with E-state index in [1.165, 1.54) is 141 Å². The average molecular weight is 1280 g/mol. The molecule has 2 saturated heterocycles. The first-order chi connectivity index (χ1) is 44.6. The van der Waals surface area contributed by atoms with Crippen LogP contribution in [0.3, 0.4) is 0 Å². The number of nitrogens with one attached hydrogen (secondary N) is 1. The molecule has 12 unspecified atom stereocenters. The fraction of sp³-hybridized carbons (Fsp3) is 0.753. The highest BCUT2D eigenvalue weighted by atomic mass is 16.7. The fourth-order valence-corrected chi connectivity index (χ4v) is 11.4. The molecule has 0 aliphatic carbocycles. The molecule has 524 valence electrons. The number of allylic oxidation sites excluding steroid dienone is 17. The van der Waals surface area contributed by atoms with Crippen LogP contribution in [0, 0.1) is 0 Å². The summed E-state index contributed by atoms with van der Waals surface area (Å²) in [5.74, 6) is -0.270. The molecule has 2 aliphatic rings. The maximum atomic E-state index is 13.3. The normalized spacial score (nSPS) is 23.5. The molecule has 2 rings (SSSR count). The largest absolute Gasteiger partial charge is 0.394 e. The Labute approximate surface area is 553 Å². The molecule has 12 atom stereocenters. The van der Waals surface area contributed by atoms with Gasteiger partial charge in [0.05, 0.1) is 32.0 Å². The molecule has 2 heterocycles. The van der Waals surface area contributed by atoms with Crippen molar-refractivity contribution in [1.29, 1.82) is 0 Å². The highest BCUT2D eigenvalue weighted by molar-refractivity contribution is 5.76. The Kier molecular flexibility index (Phi) is 55.5. The van der Waals surface area contributed by atoms with Gasteiger partial charge < -0.3 is 65.1 Å². The van der Waals surface area contributed by atoms with Crippen LogP contribution in [-0.2, 0) is 23.7 Å². The van der Waals surface area contributed by atoms with Crippen LogP contribution in [0.25, 0.3) is 0 Å². The Morgan fingerprint density at radius 1 is 0.407 bits per heavy atom. The predicted molar refractivity (Wildman–Crippen MR) is 373 cm³/mol. The lowest BCUT2D eigenvalue weighted by atomic mass is 9.97. The van der Waals surface area contributed by atoms with Crippen LogP contribution in [0.5, 0.6) is 0 Å². The van der Waals surface area contributed by atoms with Crippen LogP contribution < -0.4 is 5.32 Å². The smallest absolute Gasteiger partial charge is 0.220 e. The van der Waals surface area contributed by atoms with E-state index in [9.17, 15) is 45.6 Å². The van der Waals surface area contributed by atoms with E-state index in [4.69, 9.17) is 18.9 Å². The van der Waals surface area contributed by atoms with Gasteiger partial charge in [0, 0.05) is 6.42 Å². The summed E-state index contributed by atoms with van der Waals surface area (Å²) in [5.41, 5.74) is 0. The van der Waals surface area contributed by atoms with Crippen molar-refractivity contribution in [2.24, 2.45) is 0 Å². The standard InChI is InChI=1S/C77H133NO13/c1-3-5-7-9-11-13-15-17-19-21-23-25-27-29-30-31-32-33-34-35-37-38-40-42-44-46-48-50-52-54-56-58-60-66(81)65(64-88-76-74(87)72(85)75(68(63-80)90-76)91-77-73(86)71(84)70(83)67(62-79)89-77)78-69(82)61-59-57-55-53-51-49-47-45-43-41-39-36-28-26-24-22-20-18-16-14-12-10-8-6-4-2/h6,8,12,14,18,20,24,26,36,39,42-45,50,52,58,60,65-68,70-77,79-81,83-87H,3-5,7,9-11,13,15-17,19,21-23,25,27-35,37-38,40-41,46-49,51,53-57,59,61-64H2,1-2H3,(H,78,82)/b8-6-,14-12-,20-18-,26-24-,39-36-,44-42+,45-43-,52-50+,60-58+. The molecule has 0 saturated carbocycles. The zero-order valence-corrected chi connectivity index (χ0v) is 57.1. The van der Waals surface area contributed by atoms with Crippen LogP contribution >= 0.6 is 0 Å². The molecule has 9 N–H and O–H groups in total. The molecular formula is C77H133NO13. The number of rotatable bonds is 59.